The molecule has 0 aliphatic heterocycles. The lowest BCUT2D eigenvalue weighted by Gasteiger charge is -2.24. The molecule has 1 aromatic carbocycles. The quantitative estimate of drug-likeness (QED) is 0.816. The molecule has 0 heterocycles. The van der Waals surface area contributed by atoms with E-state index in [4.69, 9.17) is 0 Å². The number of nitrogens with zero attached hydrogens (tertiary/aromatic N) is 1. The van der Waals surface area contributed by atoms with Crippen molar-refractivity contribution < 1.29 is 12.8 Å². The van der Waals surface area contributed by atoms with Crippen LogP contribution in [-0.2, 0) is 10.0 Å². The van der Waals surface area contributed by atoms with Crippen LogP contribution in [0.2, 0.25) is 0 Å². The molecule has 1 rings (SSSR count). The van der Waals surface area contributed by atoms with Crippen LogP contribution in [0.3, 0.4) is 0 Å². The zero-order chi connectivity index (χ0) is 12.3. The number of hydrogen-bond donors (Lipinski definition) is 0. The van der Waals surface area contributed by atoms with E-state index in [-0.39, 0.29) is 5.82 Å². The van der Waals surface area contributed by atoms with Gasteiger partial charge in [-0.15, -0.1) is 0 Å². The molecule has 0 saturated heterocycles. The van der Waals surface area contributed by atoms with E-state index in [1.807, 2.05) is 0 Å². The first-order valence-corrected chi connectivity index (χ1v) is 6.67. The van der Waals surface area contributed by atoms with Crippen LogP contribution >= 0.6 is 0 Å². The summed E-state index contributed by atoms with van der Waals surface area (Å²) in [5, 5.41) is -0.488. The van der Waals surface area contributed by atoms with Crippen LogP contribution in [0.1, 0.15) is 20.8 Å². The maximum Gasteiger partial charge on any atom is 0.237 e. The Kier molecular flexibility index (Phi) is 3.91. The third-order valence-electron chi connectivity index (χ3n) is 2.30. The summed E-state index contributed by atoms with van der Waals surface area (Å²) in [5.74, 6) is -0.373. The molecular formula is C11H16FNO2S. The van der Waals surface area contributed by atoms with Crippen molar-refractivity contribution >= 4 is 15.7 Å². The molecule has 0 radical (unpaired) electrons. The smallest absolute Gasteiger partial charge is 0.237 e. The molecule has 1 aromatic rings. The van der Waals surface area contributed by atoms with Gasteiger partial charge in [0, 0.05) is 6.54 Å². The van der Waals surface area contributed by atoms with Crippen molar-refractivity contribution in [2.45, 2.75) is 26.0 Å². The summed E-state index contributed by atoms with van der Waals surface area (Å²) in [7, 11) is -3.34. The minimum atomic E-state index is -3.34. The fourth-order valence-electron chi connectivity index (χ4n) is 1.37. The molecule has 0 spiro atoms. The molecular weight excluding hydrogens is 229 g/mol. The van der Waals surface area contributed by atoms with Gasteiger partial charge < -0.3 is 0 Å². The van der Waals surface area contributed by atoms with Gasteiger partial charge in [0.05, 0.1) is 10.9 Å². The Morgan fingerprint density at radius 3 is 2.12 bits per heavy atom. The average molecular weight is 245 g/mol. The summed E-state index contributed by atoms with van der Waals surface area (Å²) < 4.78 is 38.0. The highest BCUT2D eigenvalue weighted by Crippen LogP contribution is 2.20. The summed E-state index contributed by atoms with van der Waals surface area (Å²) in [6.07, 6.45) is 0. The van der Waals surface area contributed by atoms with Gasteiger partial charge in [-0.25, -0.2) is 12.8 Å². The van der Waals surface area contributed by atoms with E-state index in [0.29, 0.717) is 12.2 Å². The van der Waals surface area contributed by atoms with Crippen molar-refractivity contribution in [2.24, 2.45) is 0 Å². The monoisotopic (exact) mass is 245 g/mol. The molecule has 90 valence electrons. The molecule has 0 amide bonds. The summed E-state index contributed by atoms with van der Waals surface area (Å²) >= 11 is 0. The molecule has 0 saturated carbocycles. The normalized spacial score (nSPS) is 11.8. The third kappa shape index (κ3) is 2.52. The lowest BCUT2D eigenvalue weighted by Crippen LogP contribution is -2.36. The second kappa shape index (κ2) is 4.82. The summed E-state index contributed by atoms with van der Waals surface area (Å²) in [6.45, 7) is 5.35. The van der Waals surface area contributed by atoms with E-state index in [1.165, 1.54) is 28.6 Å². The van der Waals surface area contributed by atoms with Gasteiger partial charge in [0.15, 0.2) is 0 Å². The number of sulfonamides is 1. The highest BCUT2D eigenvalue weighted by molar-refractivity contribution is 7.93. The van der Waals surface area contributed by atoms with Gasteiger partial charge in [-0.1, -0.05) is 0 Å². The van der Waals surface area contributed by atoms with Crippen LogP contribution in [0, 0.1) is 5.82 Å². The van der Waals surface area contributed by atoms with Crippen molar-refractivity contribution in [3.63, 3.8) is 0 Å². The van der Waals surface area contributed by atoms with Crippen molar-refractivity contribution in [1.82, 2.24) is 0 Å². The fourth-order valence-corrected chi connectivity index (χ4v) is 2.66. The van der Waals surface area contributed by atoms with Gasteiger partial charge in [0.1, 0.15) is 5.82 Å². The predicted molar refractivity (Wildman–Crippen MR) is 63.5 cm³/mol. The molecule has 16 heavy (non-hydrogen) atoms. The van der Waals surface area contributed by atoms with Crippen LogP contribution in [0.4, 0.5) is 10.1 Å². The molecule has 0 unspecified atom stereocenters. The standard InChI is InChI=1S/C11H16FNO2S/c1-4-13(16(14,15)9(2)3)11-7-5-10(12)6-8-11/h5-9H,4H2,1-3H3. The van der Waals surface area contributed by atoms with E-state index in [0.717, 1.165) is 0 Å². The van der Waals surface area contributed by atoms with Crippen LogP contribution in [0.15, 0.2) is 24.3 Å². The van der Waals surface area contributed by atoms with Crippen LogP contribution in [0.25, 0.3) is 0 Å². The lowest BCUT2D eigenvalue weighted by atomic mass is 10.3. The molecule has 0 bridgehead atoms. The van der Waals surface area contributed by atoms with E-state index in [1.54, 1.807) is 20.8 Å². The molecule has 0 N–H and O–H groups in total. The zero-order valence-electron chi connectivity index (χ0n) is 9.64. The Bertz CT molecular complexity index is 440. The third-order valence-corrected chi connectivity index (χ3v) is 4.58. The summed E-state index contributed by atoms with van der Waals surface area (Å²) in [5.41, 5.74) is 0.498. The Balaban J connectivity index is 3.13. The first-order valence-electron chi connectivity index (χ1n) is 5.16. The minimum absolute atomic E-state index is 0.339. The van der Waals surface area contributed by atoms with Crippen molar-refractivity contribution in [2.75, 3.05) is 10.8 Å². The fraction of sp³-hybridized carbons (Fsp3) is 0.455. The van der Waals surface area contributed by atoms with Gasteiger partial charge in [0.2, 0.25) is 10.0 Å². The second-order valence-electron chi connectivity index (χ2n) is 3.73. The van der Waals surface area contributed by atoms with E-state index < -0.39 is 15.3 Å². The lowest BCUT2D eigenvalue weighted by molar-refractivity contribution is 0.582. The van der Waals surface area contributed by atoms with E-state index in [2.05, 4.69) is 0 Å². The van der Waals surface area contributed by atoms with Crippen LogP contribution < -0.4 is 4.31 Å². The molecule has 0 aliphatic carbocycles. The minimum Gasteiger partial charge on any atom is -0.270 e. The first kappa shape index (κ1) is 13.0. The Labute approximate surface area is 95.9 Å². The summed E-state index contributed by atoms with van der Waals surface area (Å²) in [6, 6.07) is 5.46. The van der Waals surface area contributed by atoms with Crippen molar-refractivity contribution in [1.29, 1.82) is 0 Å². The SMILES string of the molecule is CCN(c1ccc(F)cc1)S(=O)(=O)C(C)C. The zero-order valence-corrected chi connectivity index (χ0v) is 10.5. The number of benzene rings is 1. The van der Waals surface area contributed by atoms with Crippen molar-refractivity contribution in [3.05, 3.63) is 30.1 Å². The van der Waals surface area contributed by atoms with Gasteiger partial charge in [-0.2, -0.15) is 0 Å². The first-order chi connectivity index (χ1) is 7.39. The highest BCUT2D eigenvalue weighted by Gasteiger charge is 2.24. The van der Waals surface area contributed by atoms with E-state index in [9.17, 15) is 12.8 Å². The highest BCUT2D eigenvalue weighted by atomic mass is 32.2. The topological polar surface area (TPSA) is 37.4 Å². The molecule has 3 nitrogen and oxygen atoms in total. The molecule has 5 heteroatoms. The number of rotatable bonds is 4. The maximum atomic E-state index is 12.7. The Morgan fingerprint density at radius 2 is 1.75 bits per heavy atom. The predicted octanol–water partition coefficient (Wildman–Crippen LogP) is 2.39. The van der Waals surface area contributed by atoms with Gasteiger partial charge in [0.25, 0.3) is 0 Å². The number of anilines is 1. The number of hydrogen-bond acceptors (Lipinski definition) is 2. The summed E-state index contributed by atoms with van der Waals surface area (Å²) in [4.78, 5) is 0. The Morgan fingerprint density at radius 1 is 1.25 bits per heavy atom. The molecule has 0 fully saturated rings. The Hall–Kier alpha value is -1.10. The van der Waals surface area contributed by atoms with Gasteiger partial charge in [-0.3, -0.25) is 4.31 Å². The largest absolute Gasteiger partial charge is 0.270 e. The van der Waals surface area contributed by atoms with Gasteiger partial charge in [-0.05, 0) is 45.0 Å². The molecule has 0 aliphatic rings. The number of halogens is 1. The average Bonchev–Trinajstić information content (AvgIpc) is 2.21. The van der Waals surface area contributed by atoms with E-state index >= 15 is 0 Å². The van der Waals surface area contributed by atoms with Crippen LogP contribution in [-0.4, -0.2) is 20.2 Å². The molecule has 0 atom stereocenters. The molecule has 0 aromatic heterocycles. The van der Waals surface area contributed by atoms with Crippen LogP contribution in [0.5, 0.6) is 0 Å². The second-order valence-corrected chi connectivity index (χ2v) is 6.15. The van der Waals surface area contributed by atoms with Crippen molar-refractivity contribution in [3.8, 4) is 0 Å². The van der Waals surface area contributed by atoms with Gasteiger partial charge >= 0.3 is 0 Å². The maximum absolute atomic E-state index is 12.7.